The van der Waals surface area contributed by atoms with Gasteiger partial charge in [-0.1, -0.05) is 12.1 Å². The Hall–Kier alpha value is -2.64. The number of nitrogens with two attached hydrogens (primary N) is 1. The van der Waals surface area contributed by atoms with Crippen molar-refractivity contribution >= 4 is 22.7 Å². The molecule has 4 rings (SSSR count). The van der Waals surface area contributed by atoms with Crippen LogP contribution in [-0.2, 0) is 11.3 Å². The first-order valence-corrected chi connectivity index (χ1v) is 8.38. The summed E-state index contributed by atoms with van der Waals surface area (Å²) in [4.78, 5) is 13.7. The second-order valence-electron chi connectivity index (χ2n) is 6.34. The molecule has 7 heteroatoms. The monoisotopic (exact) mass is 338 g/mol. The van der Waals surface area contributed by atoms with Gasteiger partial charge in [-0.15, -0.1) is 0 Å². The Morgan fingerprint density at radius 2 is 2.24 bits per heavy atom. The molecule has 3 heterocycles. The first-order valence-electron chi connectivity index (χ1n) is 8.38. The molecule has 2 atom stereocenters. The zero-order chi connectivity index (χ0) is 17.2. The van der Waals surface area contributed by atoms with Gasteiger partial charge >= 0.3 is 0 Å². The summed E-state index contributed by atoms with van der Waals surface area (Å²) in [5.41, 5.74) is 8.10. The fourth-order valence-electron chi connectivity index (χ4n) is 3.39. The van der Waals surface area contributed by atoms with Crippen molar-refractivity contribution in [1.82, 2.24) is 20.3 Å². The predicted octanol–water partition coefficient (Wildman–Crippen LogP) is 1.53. The van der Waals surface area contributed by atoms with Gasteiger partial charge in [0.15, 0.2) is 0 Å². The molecule has 0 aliphatic carbocycles. The summed E-state index contributed by atoms with van der Waals surface area (Å²) < 4.78 is 5.67. The van der Waals surface area contributed by atoms with E-state index in [0.29, 0.717) is 5.95 Å². The van der Waals surface area contributed by atoms with Crippen molar-refractivity contribution in [2.75, 3.05) is 30.8 Å². The molecule has 1 saturated heterocycles. The molecule has 130 valence electrons. The molecular weight excluding hydrogens is 316 g/mol. The van der Waals surface area contributed by atoms with Crippen LogP contribution in [0.4, 0.5) is 11.8 Å². The number of aromatic nitrogens is 3. The van der Waals surface area contributed by atoms with E-state index in [-0.39, 0.29) is 12.1 Å². The molecule has 1 aliphatic rings. The zero-order valence-corrected chi connectivity index (χ0v) is 14.1. The molecule has 0 amide bonds. The fourth-order valence-corrected chi connectivity index (χ4v) is 3.39. The van der Waals surface area contributed by atoms with E-state index in [4.69, 9.17) is 10.5 Å². The number of ether oxygens (including phenoxy) is 1. The van der Waals surface area contributed by atoms with E-state index >= 15 is 0 Å². The molecule has 1 aliphatic heterocycles. The molecule has 0 saturated carbocycles. The van der Waals surface area contributed by atoms with Crippen LogP contribution in [0.25, 0.3) is 10.9 Å². The minimum atomic E-state index is 0.102. The maximum absolute atomic E-state index is 5.70. The Morgan fingerprint density at radius 1 is 1.32 bits per heavy atom. The average molecular weight is 338 g/mol. The van der Waals surface area contributed by atoms with E-state index in [1.165, 1.54) is 10.9 Å². The predicted molar refractivity (Wildman–Crippen MR) is 98.4 cm³/mol. The SMILES string of the molecule is CO[C@@H]1CN(c2ccnc(N)n2)C[C@@H]1NCc1ccc2cc[nH]c2c1. The van der Waals surface area contributed by atoms with Crippen molar-refractivity contribution in [2.45, 2.75) is 18.7 Å². The van der Waals surface area contributed by atoms with E-state index in [0.717, 1.165) is 31.0 Å². The number of hydrogen-bond acceptors (Lipinski definition) is 6. The van der Waals surface area contributed by atoms with Gasteiger partial charge < -0.3 is 25.7 Å². The van der Waals surface area contributed by atoms with Crippen molar-refractivity contribution in [3.8, 4) is 0 Å². The third-order valence-corrected chi connectivity index (χ3v) is 4.74. The minimum absolute atomic E-state index is 0.102. The minimum Gasteiger partial charge on any atom is -0.378 e. The highest BCUT2D eigenvalue weighted by Gasteiger charge is 2.33. The summed E-state index contributed by atoms with van der Waals surface area (Å²) in [5, 5.41) is 4.84. The smallest absolute Gasteiger partial charge is 0.221 e. The molecule has 7 nitrogen and oxygen atoms in total. The second-order valence-corrected chi connectivity index (χ2v) is 6.34. The Balaban J connectivity index is 1.44. The van der Waals surface area contributed by atoms with Gasteiger partial charge in [-0.25, -0.2) is 4.98 Å². The molecular formula is C18H22N6O. The Labute approximate surface area is 146 Å². The highest BCUT2D eigenvalue weighted by Crippen LogP contribution is 2.21. The van der Waals surface area contributed by atoms with Gasteiger partial charge in [-0.3, -0.25) is 0 Å². The molecule has 0 radical (unpaired) electrons. The van der Waals surface area contributed by atoms with Gasteiger partial charge in [0.1, 0.15) is 5.82 Å². The van der Waals surface area contributed by atoms with Crippen LogP contribution in [0.2, 0.25) is 0 Å². The number of anilines is 2. The summed E-state index contributed by atoms with van der Waals surface area (Å²) >= 11 is 0. The summed E-state index contributed by atoms with van der Waals surface area (Å²) in [6, 6.07) is 10.7. The number of hydrogen-bond donors (Lipinski definition) is 3. The number of nitrogen functional groups attached to an aromatic ring is 1. The largest absolute Gasteiger partial charge is 0.378 e. The molecule has 0 bridgehead atoms. The average Bonchev–Trinajstić information content (AvgIpc) is 3.26. The third-order valence-electron chi connectivity index (χ3n) is 4.74. The Morgan fingerprint density at radius 3 is 3.08 bits per heavy atom. The zero-order valence-electron chi connectivity index (χ0n) is 14.1. The first-order chi connectivity index (χ1) is 12.2. The van der Waals surface area contributed by atoms with Crippen molar-refractivity contribution < 1.29 is 4.74 Å². The lowest BCUT2D eigenvalue weighted by atomic mass is 10.1. The van der Waals surface area contributed by atoms with Crippen LogP contribution in [-0.4, -0.2) is 47.3 Å². The molecule has 1 fully saturated rings. The van der Waals surface area contributed by atoms with Crippen LogP contribution in [0, 0.1) is 0 Å². The summed E-state index contributed by atoms with van der Waals surface area (Å²) in [7, 11) is 1.75. The van der Waals surface area contributed by atoms with E-state index in [2.05, 4.69) is 49.4 Å². The molecule has 3 aromatic rings. The molecule has 2 aromatic heterocycles. The molecule has 4 N–H and O–H groups in total. The lowest BCUT2D eigenvalue weighted by Crippen LogP contribution is -2.39. The van der Waals surface area contributed by atoms with Crippen LogP contribution in [0.1, 0.15) is 5.56 Å². The maximum atomic E-state index is 5.70. The quantitative estimate of drug-likeness (QED) is 0.653. The highest BCUT2D eigenvalue weighted by atomic mass is 16.5. The summed E-state index contributed by atoms with van der Waals surface area (Å²) in [6.07, 6.45) is 3.75. The Bertz CT molecular complexity index is 863. The van der Waals surface area contributed by atoms with Crippen LogP contribution >= 0.6 is 0 Å². The van der Waals surface area contributed by atoms with Gasteiger partial charge in [0.25, 0.3) is 0 Å². The number of H-pyrrole nitrogens is 1. The summed E-state index contributed by atoms with van der Waals surface area (Å²) in [5.74, 6) is 1.13. The van der Waals surface area contributed by atoms with Crippen LogP contribution in [0.15, 0.2) is 42.7 Å². The number of aromatic amines is 1. The maximum Gasteiger partial charge on any atom is 0.221 e. The fraction of sp³-hybridized carbons (Fsp3) is 0.333. The molecule has 1 aromatic carbocycles. The van der Waals surface area contributed by atoms with Crippen LogP contribution in [0.5, 0.6) is 0 Å². The van der Waals surface area contributed by atoms with Crippen molar-refractivity contribution in [3.63, 3.8) is 0 Å². The number of nitrogens with one attached hydrogen (secondary N) is 2. The van der Waals surface area contributed by atoms with Gasteiger partial charge in [-0.05, 0) is 29.1 Å². The number of benzene rings is 1. The summed E-state index contributed by atoms with van der Waals surface area (Å²) in [6.45, 7) is 2.39. The topological polar surface area (TPSA) is 92.1 Å². The number of fused-ring (bicyclic) bond motifs is 1. The molecule has 25 heavy (non-hydrogen) atoms. The van der Waals surface area contributed by atoms with Crippen molar-refractivity contribution in [1.29, 1.82) is 0 Å². The van der Waals surface area contributed by atoms with Crippen molar-refractivity contribution in [3.05, 3.63) is 48.3 Å². The first kappa shape index (κ1) is 15.9. The van der Waals surface area contributed by atoms with E-state index in [9.17, 15) is 0 Å². The second kappa shape index (κ2) is 6.70. The molecule has 0 spiro atoms. The van der Waals surface area contributed by atoms with Gasteiger partial charge in [-0.2, -0.15) is 4.98 Å². The normalized spacial score (nSPS) is 20.4. The number of methoxy groups -OCH3 is 1. The lowest BCUT2D eigenvalue weighted by molar-refractivity contribution is 0.0967. The van der Waals surface area contributed by atoms with E-state index in [1.54, 1.807) is 13.3 Å². The standard InChI is InChI=1S/C18H22N6O/c1-25-16-11-24(17-5-7-21-18(19)23-17)10-15(16)22-9-12-2-3-13-4-6-20-14(13)8-12/h2-8,15-16,20,22H,9-11H2,1H3,(H2,19,21,23)/t15-,16+/m0/s1. The van der Waals surface area contributed by atoms with E-state index < -0.39 is 0 Å². The van der Waals surface area contributed by atoms with E-state index in [1.807, 2.05) is 12.3 Å². The van der Waals surface area contributed by atoms with Gasteiger partial charge in [0, 0.05) is 44.7 Å². The lowest BCUT2D eigenvalue weighted by Gasteiger charge is -2.18. The van der Waals surface area contributed by atoms with Gasteiger partial charge in [0.05, 0.1) is 12.1 Å². The Kier molecular flexibility index (Phi) is 4.25. The van der Waals surface area contributed by atoms with Gasteiger partial charge in [0.2, 0.25) is 5.95 Å². The van der Waals surface area contributed by atoms with Crippen LogP contribution < -0.4 is 16.0 Å². The molecule has 0 unspecified atom stereocenters. The van der Waals surface area contributed by atoms with Crippen molar-refractivity contribution in [2.24, 2.45) is 0 Å². The highest BCUT2D eigenvalue weighted by molar-refractivity contribution is 5.79. The number of nitrogens with zero attached hydrogens (tertiary/aromatic N) is 3. The third kappa shape index (κ3) is 3.29. The number of rotatable bonds is 5. The van der Waals surface area contributed by atoms with Crippen LogP contribution in [0.3, 0.4) is 0 Å².